The van der Waals surface area contributed by atoms with E-state index in [-0.39, 0.29) is 24.0 Å². The van der Waals surface area contributed by atoms with E-state index in [1.165, 1.54) is 11.1 Å². The van der Waals surface area contributed by atoms with Gasteiger partial charge in [0.15, 0.2) is 17.4 Å². The Labute approximate surface area is 183 Å². The Morgan fingerprint density at radius 1 is 1.04 bits per heavy atom. The summed E-state index contributed by atoms with van der Waals surface area (Å²) in [5, 5.41) is 15.1. The Kier molecular flexibility index (Phi) is 8.65. The van der Waals surface area contributed by atoms with Gasteiger partial charge >= 0.3 is 0 Å². The summed E-state index contributed by atoms with van der Waals surface area (Å²) in [6.07, 6.45) is 1.97. The molecule has 0 saturated heterocycles. The van der Waals surface area contributed by atoms with E-state index in [2.05, 4.69) is 71.0 Å². The number of fused-ring (bicyclic) bond motifs is 1. The second kappa shape index (κ2) is 11.0. The number of aromatic nitrogens is 3. The zero-order valence-corrected chi connectivity index (χ0v) is 18.9. The summed E-state index contributed by atoms with van der Waals surface area (Å²) >= 11 is 0. The molecule has 2 heterocycles. The van der Waals surface area contributed by atoms with Crippen LogP contribution in [0.4, 0.5) is 0 Å². The molecule has 0 unspecified atom stereocenters. The van der Waals surface area contributed by atoms with Crippen molar-refractivity contribution in [3.63, 3.8) is 0 Å². The fourth-order valence-corrected chi connectivity index (χ4v) is 2.89. The first-order valence-electron chi connectivity index (χ1n) is 9.19. The topological polar surface area (TPSA) is 69.8 Å². The van der Waals surface area contributed by atoms with Gasteiger partial charge in [0.2, 0.25) is 0 Å². The molecule has 0 atom stereocenters. The van der Waals surface area contributed by atoms with Gasteiger partial charge in [-0.15, -0.1) is 34.2 Å². The number of rotatable bonds is 7. The lowest BCUT2D eigenvalue weighted by Gasteiger charge is -2.14. The van der Waals surface area contributed by atoms with Gasteiger partial charge in [0.25, 0.3) is 0 Å². The number of guanidine groups is 1. The number of hydrogen-bond donors (Lipinski definition) is 2. The first-order valence-corrected chi connectivity index (χ1v) is 9.19. The zero-order valence-electron chi connectivity index (χ0n) is 16.6. The first kappa shape index (κ1) is 22.1. The van der Waals surface area contributed by atoms with E-state index in [0.717, 1.165) is 30.5 Å². The Hall–Kier alpha value is -2.20. The summed E-state index contributed by atoms with van der Waals surface area (Å²) in [5.74, 6) is 1.62. The molecule has 0 radical (unpaired) electrons. The molecule has 150 valence electrons. The molecule has 0 aliphatic heterocycles. The molecule has 0 fully saturated rings. The number of nitrogens with one attached hydrogen (secondary N) is 2. The van der Waals surface area contributed by atoms with E-state index in [4.69, 9.17) is 4.99 Å². The maximum Gasteiger partial charge on any atom is 0.191 e. The molecule has 8 heteroatoms. The number of hydrogen-bond acceptors (Lipinski definition) is 4. The molecule has 0 saturated carbocycles. The lowest BCUT2D eigenvalue weighted by atomic mass is 10.1. The summed E-state index contributed by atoms with van der Waals surface area (Å²) in [4.78, 5) is 6.92. The van der Waals surface area contributed by atoms with E-state index >= 15 is 0 Å². The quantitative estimate of drug-likeness (QED) is 0.301. The Bertz CT molecular complexity index is 904. The summed E-state index contributed by atoms with van der Waals surface area (Å²) in [6, 6.07) is 14.3. The SMILES string of the molecule is CCNC(=NCc1ccccc1CN(C)C)NCc1nnc2ccccn12.I. The molecule has 0 aliphatic carbocycles. The smallest absolute Gasteiger partial charge is 0.191 e. The highest BCUT2D eigenvalue weighted by molar-refractivity contribution is 14.0. The van der Waals surface area contributed by atoms with Crippen molar-refractivity contribution >= 4 is 35.6 Å². The van der Waals surface area contributed by atoms with Crippen LogP contribution in [0.15, 0.2) is 53.7 Å². The van der Waals surface area contributed by atoms with Crippen molar-refractivity contribution in [2.75, 3.05) is 20.6 Å². The highest BCUT2D eigenvalue weighted by Gasteiger charge is 2.07. The standard InChI is InChI=1S/C20H27N7.HI/c1-4-21-20(22-13-16-9-5-6-10-17(16)15-26(2)3)23-14-19-25-24-18-11-7-8-12-27(18)19;/h5-12H,4,13-15H2,1-3H3,(H2,21,22,23);1H. The van der Waals surface area contributed by atoms with Crippen LogP contribution in [0.25, 0.3) is 5.65 Å². The number of nitrogens with zero attached hydrogens (tertiary/aromatic N) is 5. The summed E-state index contributed by atoms with van der Waals surface area (Å²) < 4.78 is 1.98. The third-order valence-corrected chi connectivity index (χ3v) is 4.15. The van der Waals surface area contributed by atoms with Gasteiger partial charge in [0, 0.05) is 19.3 Å². The molecule has 3 aromatic rings. The molecule has 0 spiro atoms. The lowest BCUT2D eigenvalue weighted by Crippen LogP contribution is -2.37. The van der Waals surface area contributed by atoms with Crippen molar-refractivity contribution in [1.82, 2.24) is 30.1 Å². The number of pyridine rings is 1. The van der Waals surface area contributed by atoms with Gasteiger partial charge in [0.1, 0.15) is 0 Å². The fraction of sp³-hybridized carbons (Fsp3) is 0.350. The van der Waals surface area contributed by atoms with Crippen molar-refractivity contribution in [3.8, 4) is 0 Å². The van der Waals surface area contributed by atoms with Crippen LogP contribution in [0.3, 0.4) is 0 Å². The van der Waals surface area contributed by atoms with Crippen LogP contribution in [-0.4, -0.2) is 46.1 Å². The number of halogens is 1. The van der Waals surface area contributed by atoms with E-state index in [0.29, 0.717) is 13.1 Å². The monoisotopic (exact) mass is 493 g/mol. The lowest BCUT2D eigenvalue weighted by molar-refractivity contribution is 0.401. The number of benzene rings is 1. The van der Waals surface area contributed by atoms with Gasteiger partial charge in [0.05, 0.1) is 13.1 Å². The van der Waals surface area contributed by atoms with Crippen molar-refractivity contribution in [3.05, 3.63) is 65.6 Å². The predicted molar refractivity (Wildman–Crippen MR) is 124 cm³/mol. The van der Waals surface area contributed by atoms with Crippen LogP contribution in [0.1, 0.15) is 23.9 Å². The predicted octanol–water partition coefficient (Wildman–Crippen LogP) is 2.66. The Balaban J connectivity index is 0.00000280. The second-order valence-corrected chi connectivity index (χ2v) is 6.60. The van der Waals surface area contributed by atoms with E-state index in [1.807, 2.05) is 28.8 Å². The molecule has 0 amide bonds. The summed E-state index contributed by atoms with van der Waals surface area (Å²) in [7, 11) is 4.16. The minimum absolute atomic E-state index is 0. The minimum Gasteiger partial charge on any atom is -0.357 e. The molecule has 7 nitrogen and oxygen atoms in total. The van der Waals surface area contributed by atoms with Crippen molar-refractivity contribution in [2.45, 2.75) is 26.6 Å². The molecule has 3 rings (SSSR count). The van der Waals surface area contributed by atoms with Crippen LogP contribution < -0.4 is 10.6 Å². The van der Waals surface area contributed by atoms with E-state index in [1.54, 1.807) is 0 Å². The molecular formula is C20H28IN7. The fourth-order valence-electron chi connectivity index (χ4n) is 2.89. The maximum absolute atomic E-state index is 4.75. The summed E-state index contributed by atoms with van der Waals surface area (Å²) in [5.41, 5.74) is 3.37. The highest BCUT2D eigenvalue weighted by atomic mass is 127. The molecule has 1 aromatic carbocycles. The van der Waals surface area contributed by atoms with E-state index in [9.17, 15) is 0 Å². The van der Waals surface area contributed by atoms with Gasteiger partial charge in [-0.1, -0.05) is 30.3 Å². The average Bonchev–Trinajstić information content (AvgIpc) is 3.08. The van der Waals surface area contributed by atoms with Crippen LogP contribution in [0.5, 0.6) is 0 Å². The van der Waals surface area contributed by atoms with Crippen molar-refractivity contribution in [1.29, 1.82) is 0 Å². The van der Waals surface area contributed by atoms with Crippen LogP contribution >= 0.6 is 24.0 Å². The van der Waals surface area contributed by atoms with Crippen molar-refractivity contribution < 1.29 is 0 Å². The molecule has 2 aromatic heterocycles. The van der Waals surface area contributed by atoms with Gasteiger partial charge in [-0.25, -0.2) is 4.99 Å². The Morgan fingerprint density at radius 2 is 1.79 bits per heavy atom. The van der Waals surface area contributed by atoms with Gasteiger partial charge < -0.3 is 15.5 Å². The third-order valence-electron chi connectivity index (χ3n) is 4.15. The summed E-state index contributed by atoms with van der Waals surface area (Å²) in [6.45, 7) is 4.94. The molecular weight excluding hydrogens is 465 g/mol. The van der Waals surface area contributed by atoms with Crippen LogP contribution in [0, 0.1) is 0 Å². The van der Waals surface area contributed by atoms with E-state index < -0.39 is 0 Å². The molecule has 0 bridgehead atoms. The molecule has 0 aliphatic rings. The van der Waals surface area contributed by atoms with Gasteiger partial charge in [-0.05, 0) is 44.3 Å². The van der Waals surface area contributed by atoms with Crippen LogP contribution in [0.2, 0.25) is 0 Å². The Morgan fingerprint density at radius 3 is 2.54 bits per heavy atom. The largest absolute Gasteiger partial charge is 0.357 e. The normalized spacial score (nSPS) is 11.5. The van der Waals surface area contributed by atoms with Gasteiger partial charge in [-0.2, -0.15) is 0 Å². The highest BCUT2D eigenvalue weighted by Crippen LogP contribution is 2.11. The average molecular weight is 493 g/mol. The number of aliphatic imine (C=N–C) groups is 1. The van der Waals surface area contributed by atoms with Gasteiger partial charge in [-0.3, -0.25) is 4.40 Å². The first-order chi connectivity index (χ1) is 13.2. The molecule has 2 N–H and O–H groups in total. The maximum atomic E-state index is 4.75. The second-order valence-electron chi connectivity index (χ2n) is 6.60. The molecule has 28 heavy (non-hydrogen) atoms. The van der Waals surface area contributed by atoms with Crippen molar-refractivity contribution in [2.24, 2.45) is 4.99 Å². The van der Waals surface area contributed by atoms with Crippen LogP contribution in [-0.2, 0) is 19.6 Å². The third kappa shape index (κ3) is 5.90. The zero-order chi connectivity index (χ0) is 19.1. The minimum atomic E-state index is 0.